The summed E-state index contributed by atoms with van der Waals surface area (Å²) in [6.45, 7) is 4.00. The van der Waals surface area contributed by atoms with E-state index in [0.29, 0.717) is 23.6 Å². The number of nitrogens with one attached hydrogen (secondary N) is 2. The summed E-state index contributed by atoms with van der Waals surface area (Å²) in [5, 5.41) is 2.80. The molecule has 21 heavy (non-hydrogen) atoms. The monoisotopic (exact) mass is 289 g/mol. The second kappa shape index (κ2) is 6.88. The number of hydrogen-bond acceptors (Lipinski definition) is 4. The summed E-state index contributed by atoms with van der Waals surface area (Å²) in [5.74, 6) is 1.29. The minimum absolute atomic E-state index is 0.0508. The van der Waals surface area contributed by atoms with Gasteiger partial charge in [0, 0.05) is 24.2 Å². The van der Waals surface area contributed by atoms with Gasteiger partial charge in [0.15, 0.2) is 0 Å². The first-order valence-electron chi connectivity index (χ1n) is 6.91. The number of rotatable bonds is 6. The zero-order valence-corrected chi connectivity index (χ0v) is 12.2. The van der Waals surface area contributed by atoms with E-state index in [9.17, 15) is 9.59 Å². The summed E-state index contributed by atoms with van der Waals surface area (Å²) >= 11 is 0. The van der Waals surface area contributed by atoms with Crippen molar-refractivity contribution in [1.82, 2.24) is 15.3 Å². The van der Waals surface area contributed by atoms with Gasteiger partial charge in [-0.1, -0.05) is 0 Å². The Labute approximate surface area is 122 Å². The van der Waals surface area contributed by atoms with Gasteiger partial charge in [0.25, 0.3) is 5.56 Å². The standard InChI is InChI=1S/C15H19N3O3/c1-10-13(15(20)18-11(2)17-10)9-14(19)16-7-3-5-12-6-4-8-21-12/h4,6,8H,3,5,7,9H2,1-2H3,(H,16,19)(H,17,18,20). The number of aryl methyl sites for hydroxylation is 3. The Morgan fingerprint density at radius 1 is 1.43 bits per heavy atom. The third-order valence-corrected chi connectivity index (χ3v) is 3.18. The lowest BCUT2D eigenvalue weighted by Gasteiger charge is -2.06. The fourth-order valence-electron chi connectivity index (χ4n) is 2.13. The lowest BCUT2D eigenvalue weighted by Crippen LogP contribution is -2.30. The van der Waals surface area contributed by atoms with Crippen molar-refractivity contribution in [2.75, 3.05) is 6.54 Å². The van der Waals surface area contributed by atoms with Crippen LogP contribution in [0.2, 0.25) is 0 Å². The normalized spacial score (nSPS) is 10.6. The molecule has 2 aromatic heterocycles. The minimum Gasteiger partial charge on any atom is -0.469 e. The Morgan fingerprint density at radius 3 is 2.90 bits per heavy atom. The quantitative estimate of drug-likeness (QED) is 0.784. The number of amides is 1. The van der Waals surface area contributed by atoms with Crippen LogP contribution in [0.15, 0.2) is 27.6 Å². The summed E-state index contributed by atoms with van der Waals surface area (Å²) in [6, 6.07) is 3.75. The van der Waals surface area contributed by atoms with Crippen LogP contribution >= 0.6 is 0 Å². The molecule has 0 radical (unpaired) electrons. The van der Waals surface area contributed by atoms with Crippen LogP contribution in [0.25, 0.3) is 0 Å². The molecule has 2 N–H and O–H groups in total. The van der Waals surface area contributed by atoms with Crippen LogP contribution in [0.3, 0.4) is 0 Å². The van der Waals surface area contributed by atoms with Gasteiger partial charge in [-0.2, -0.15) is 0 Å². The van der Waals surface area contributed by atoms with Gasteiger partial charge in [-0.15, -0.1) is 0 Å². The number of carbonyl (C=O) groups is 1. The molecule has 112 valence electrons. The van der Waals surface area contributed by atoms with Gasteiger partial charge in [0.1, 0.15) is 11.6 Å². The van der Waals surface area contributed by atoms with E-state index in [1.165, 1.54) is 0 Å². The van der Waals surface area contributed by atoms with E-state index in [2.05, 4.69) is 15.3 Å². The van der Waals surface area contributed by atoms with E-state index in [1.54, 1.807) is 20.1 Å². The molecule has 6 nitrogen and oxygen atoms in total. The lowest BCUT2D eigenvalue weighted by atomic mass is 10.1. The van der Waals surface area contributed by atoms with Gasteiger partial charge in [0.2, 0.25) is 5.91 Å². The fraction of sp³-hybridized carbons (Fsp3) is 0.400. The number of aromatic amines is 1. The first-order valence-corrected chi connectivity index (χ1v) is 6.91. The minimum atomic E-state index is -0.245. The largest absolute Gasteiger partial charge is 0.469 e. The second-order valence-electron chi connectivity index (χ2n) is 4.92. The van der Waals surface area contributed by atoms with Gasteiger partial charge in [-0.05, 0) is 32.4 Å². The van der Waals surface area contributed by atoms with E-state index in [-0.39, 0.29) is 17.9 Å². The maximum absolute atomic E-state index is 11.8. The number of hydrogen-bond donors (Lipinski definition) is 2. The molecule has 0 fully saturated rings. The molecule has 0 unspecified atom stereocenters. The maximum atomic E-state index is 11.8. The zero-order valence-electron chi connectivity index (χ0n) is 12.2. The molecule has 0 aliphatic heterocycles. The lowest BCUT2D eigenvalue weighted by molar-refractivity contribution is -0.120. The van der Waals surface area contributed by atoms with Crippen LogP contribution in [0.1, 0.15) is 29.3 Å². The molecule has 0 spiro atoms. The van der Waals surface area contributed by atoms with Crippen LogP contribution in [0.4, 0.5) is 0 Å². The highest BCUT2D eigenvalue weighted by Crippen LogP contribution is 2.03. The Bertz CT molecular complexity index is 659. The molecule has 6 heteroatoms. The first-order chi connectivity index (χ1) is 10.1. The number of H-pyrrole nitrogens is 1. The van der Waals surface area contributed by atoms with Crippen molar-refractivity contribution in [3.63, 3.8) is 0 Å². The summed E-state index contributed by atoms with van der Waals surface area (Å²) in [4.78, 5) is 30.4. The molecular weight excluding hydrogens is 270 g/mol. The van der Waals surface area contributed by atoms with Crippen molar-refractivity contribution in [3.8, 4) is 0 Å². The van der Waals surface area contributed by atoms with Gasteiger partial charge in [0.05, 0.1) is 12.7 Å². The van der Waals surface area contributed by atoms with Gasteiger partial charge in [-0.25, -0.2) is 4.98 Å². The van der Waals surface area contributed by atoms with Crippen molar-refractivity contribution < 1.29 is 9.21 Å². The third kappa shape index (κ3) is 4.30. The SMILES string of the molecule is Cc1nc(C)c(CC(=O)NCCCc2ccco2)c(=O)[nH]1. The molecule has 2 rings (SSSR count). The summed E-state index contributed by atoms with van der Waals surface area (Å²) in [5.41, 5.74) is 0.775. The van der Waals surface area contributed by atoms with Gasteiger partial charge >= 0.3 is 0 Å². The molecule has 2 aromatic rings. The number of nitrogens with zero attached hydrogens (tertiary/aromatic N) is 1. The Hall–Kier alpha value is -2.37. The maximum Gasteiger partial charge on any atom is 0.254 e. The van der Waals surface area contributed by atoms with Gasteiger partial charge < -0.3 is 14.7 Å². The molecule has 0 aromatic carbocycles. The van der Waals surface area contributed by atoms with E-state index in [4.69, 9.17) is 4.42 Å². The van der Waals surface area contributed by atoms with E-state index in [1.807, 2.05) is 12.1 Å². The second-order valence-corrected chi connectivity index (χ2v) is 4.92. The number of furan rings is 1. The predicted molar refractivity (Wildman–Crippen MR) is 78.1 cm³/mol. The molecule has 0 aliphatic rings. The van der Waals surface area contributed by atoms with Crippen molar-refractivity contribution in [2.24, 2.45) is 0 Å². The fourth-order valence-corrected chi connectivity index (χ4v) is 2.13. The smallest absolute Gasteiger partial charge is 0.254 e. The van der Waals surface area contributed by atoms with E-state index >= 15 is 0 Å². The summed E-state index contributed by atoms with van der Waals surface area (Å²) in [7, 11) is 0. The van der Waals surface area contributed by atoms with Crippen molar-refractivity contribution >= 4 is 5.91 Å². The van der Waals surface area contributed by atoms with E-state index < -0.39 is 0 Å². The summed E-state index contributed by atoms with van der Waals surface area (Å²) < 4.78 is 5.21. The average molecular weight is 289 g/mol. The topological polar surface area (TPSA) is 88.0 Å². The van der Waals surface area contributed by atoms with Gasteiger partial charge in [-0.3, -0.25) is 9.59 Å². The molecule has 0 aliphatic carbocycles. The molecule has 2 heterocycles. The van der Waals surface area contributed by atoms with Crippen LogP contribution < -0.4 is 10.9 Å². The van der Waals surface area contributed by atoms with Crippen LogP contribution in [0.5, 0.6) is 0 Å². The van der Waals surface area contributed by atoms with Crippen LogP contribution in [-0.2, 0) is 17.6 Å². The van der Waals surface area contributed by atoms with Crippen LogP contribution in [0, 0.1) is 13.8 Å². The molecular formula is C15H19N3O3. The molecule has 0 bridgehead atoms. The van der Waals surface area contributed by atoms with Crippen LogP contribution in [-0.4, -0.2) is 22.4 Å². The highest BCUT2D eigenvalue weighted by molar-refractivity contribution is 5.78. The summed E-state index contributed by atoms with van der Waals surface area (Å²) in [6.07, 6.45) is 3.25. The van der Waals surface area contributed by atoms with Crippen molar-refractivity contribution in [1.29, 1.82) is 0 Å². The van der Waals surface area contributed by atoms with E-state index in [0.717, 1.165) is 18.6 Å². The average Bonchev–Trinajstić information content (AvgIpc) is 2.92. The number of carbonyl (C=O) groups excluding carboxylic acids is 1. The predicted octanol–water partition coefficient (Wildman–Crippen LogP) is 1.27. The molecule has 0 saturated carbocycles. The van der Waals surface area contributed by atoms with Crippen molar-refractivity contribution in [2.45, 2.75) is 33.1 Å². The molecule has 1 amide bonds. The Kier molecular flexibility index (Phi) is 4.92. The molecule has 0 atom stereocenters. The molecule has 0 saturated heterocycles. The number of aromatic nitrogens is 2. The first kappa shape index (κ1) is 15.0. The Morgan fingerprint density at radius 2 is 2.24 bits per heavy atom. The van der Waals surface area contributed by atoms with Crippen molar-refractivity contribution in [3.05, 3.63) is 51.6 Å². The highest BCUT2D eigenvalue weighted by atomic mass is 16.3. The highest BCUT2D eigenvalue weighted by Gasteiger charge is 2.11. The Balaban J connectivity index is 1.81. The zero-order chi connectivity index (χ0) is 15.2. The third-order valence-electron chi connectivity index (χ3n) is 3.18.